The van der Waals surface area contributed by atoms with E-state index >= 15 is 0 Å². The Hall–Kier alpha value is -0.120. The molecule has 3 heteroatoms. The van der Waals surface area contributed by atoms with E-state index in [-0.39, 0.29) is 28.1 Å². The summed E-state index contributed by atoms with van der Waals surface area (Å²) in [5.74, 6) is 0. The molecule has 0 atom stereocenters. The Morgan fingerprint density at radius 2 is 1.08 bits per heavy atom. The Bertz CT molecular complexity index is 354. The topological polar surface area (TPSA) is 27.7 Å². The van der Waals surface area contributed by atoms with Crippen molar-refractivity contribution in [2.45, 2.75) is 106 Å². The number of rotatable bonds is 12. The summed E-state index contributed by atoms with van der Waals surface area (Å²) < 4.78 is 18.0. The van der Waals surface area contributed by atoms with Gasteiger partial charge in [0.1, 0.15) is 0 Å². The lowest BCUT2D eigenvalue weighted by Gasteiger charge is -2.44. The average Bonchev–Trinajstić information content (AvgIpc) is 2.36. The monoisotopic (exact) mass is 344 g/mol. The van der Waals surface area contributed by atoms with Gasteiger partial charge in [-0.1, -0.05) is 27.7 Å². The highest BCUT2D eigenvalue weighted by molar-refractivity contribution is 4.90. The van der Waals surface area contributed by atoms with Crippen molar-refractivity contribution in [2.24, 2.45) is 10.8 Å². The molecule has 0 N–H and O–H groups in total. The molecule has 0 aliphatic heterocycles. The maximum absolute atomic E-state index is 6.35. The van der Waals surface area contributed by atoms with E-state index in [4.69, 9.17) is 14.2 Å². The Kier molecular flexibility index (Phi) is 8.96. The summed E-state index contributed by atoms with van der Waals surface area (Å²) in [5, 5.41) is 0. The molecule has 0 aliphatic carbocycles. The summed E-state index contributed by atoms with van der Waals surface area (Å²) >= 11 is 0. The largest absolute Gasteiger partial charge is 0.379 e. The summed E-state index contributed by atoms with van der Waals surface area (Å²) in [6, 6.07) is 0. The minimum Gasteiger partial charge on any atom is -0.379 e. The Morgan fingerprint density at radius 1 is 0.667 bits per heavy atom. The molecule has 0 spiro atoms. The molecular weight excluding hydrogens is 300 g/mol. The van der Waals surface area contributed by atoms with Gasteiger partial charge in [-0.2, -0.15) is 0 Å². The molecule has 3 nitrogen and oxygen atoms in total. The molecule has 0 unspecified atom stereocenters. The molecule has 0 bridgehead atoms. The van der Waals surface area contributed by atoms with Crippen LogP contribution in [0.2, 0.25) is 0 Å². The third-order valence-corrected chi connectivity index (χ3v) is 6.13. The van der Waals surface area contributed by atoms with Crippen molar-refractivity contribution in [2.75, 3.05) is 19.8 Å². The summed E-state index contributed by atoms with van der Waals surface area (Å²) in [5.41, 5.74) is -0.236. The quantitative estimate of drug-likeness (QED) is 0.444. The minimum atomic E-state index is -0.195. The van der Waals surface area contributed by atoms with Gasteiger partial charge in [-0.15, -0.1) is 0 Å². The maximum Gasteiger partial charge on any atom is 0.0678 e. The molecular formula is C21H44O3. The molecule has 0 fully saturated rings. The highest BCUT2D eigenvalue weighted by Crippen LogP contribution is 2.40. The standard InChI is InChI=1S/C21H44O3/c1-12-23-20(8,9)19(6,7)14-16-24-21(10,11)18(4,5)13-15-22-17(2)3/h17H,12-16H2,1-11H3. The zero-order chi connectivity index (χ0) is 19.2. The molecule has 0 aromatic carbocycles. The number of ether oxygens (including phenoxy) is 3. The molecule has 0 aromatic heterocycles. The van der Waals surface area contributed by atoms with E-state index < -0.39 is 0 Å². The van der Waals surface area contributed by atoms with Crippen LogP contribution in [0.3, 0.4) is 0 Å². The lowest BCUT2D eigenvalue weighted by Crippen LogP contribution is -2.45. The molecule has 0 aromatic rings. The van der Waals surface area contributed by atoms with Gasteiger partial charge >= 0.3 is 0 Å². The van der Waals surface area contributed by atoms with Crippen LogP contribution in [-0.2, 0) is 14.2 Å². The molecule has 0 heterocycles. The van der Waals surface area contributed by atoms with Crippen molar-refractivity contribution < 1.29 is 14.2 Å². The molecule has 146 valence electrons. The number of hydrogen-bond acceptors (Lipinski definition) is 3. The zero-order valence-corrected chi connectivity index (χ0v) is 18.3. The summed E-state index contributed by atoms with van der Waals surface area (Å²) in [6.07, 6.45) is 2.25. The first-order valence-corrected chi connectivity index (χ1v) is 9.58. The molecule has 0 aliphatic rings. The average molecular weight is 345 g/mol. The van der Waals surface area contributed by atoms with Crippen LogP contribution in [-0.4, -0.2) is 37.1 Å². The highest BCUT2D eigenvalue weighted by atomic mass is 16.5. The second kappa shape index (κ2) is 9.00. The summed E-state index contributed by atoms with van der Waals surface area (Å²) in [4.78, 5) is 0. The fourth-order valence-electron chi connectivity index (χ4n) is 2.46. The van der Waals surface area contributed by atoms with Crippen LogP contribution in [0.15, 0.2) is 0 Å². The van der Waals surface area contributed by atoms with Crippen LogP contribution in [0.1, 0.15) is 89.0 Å². The van der Waals surface area contributed by atoms with Crippen molar-refractivity contribution >= 4 is 0 Å². The van der Waals surface area contributed by atoms with Gasteiger partial charge in [0.05, 0.1) is 17.3 Å². The van der Waals surface area contributed by atoms with Crippen molar-refractivity contribution in [1.29, 1.82) is 0 Å². The van der Waals surface area contributed by atoms with Crippen molar-refractivity contribution in [1.82, 2.24) is 0 Å². The van der Waals surface area contributed by atoms with Crippen LogP contribution in [0.25, 0.3) is 0 Å². The SMILES string of the molecule is CCOC(C)(C)C(C)(C)CCOC(C)(C)C(C)(C)CCOC(C)C. The Labute approximate surface area is 151 Å². The molecule has 0 rings (SSSR count). The van der Waals surface area contributed by atoms with Crippen molar-refractivity contribution in [3.63, 3.8) is 0 Å². The second-order valence-electron chi connectivity index (χ2n) is 9.49. The first-order chi connectivity index (χ1) is 10.7. The second-order valence-corrected chi connectivity index (χ2v) is 9.49. The maximum atomic E-state index is 6.35. The van der Waals surface area contributed by atoms with E-state index in [1.807, 2.05) is 0 Å². The smallest absolute Gasteiger partial charge is 0.0678 e. The summed E-state index contributed by atoms with van der Waals surface area (Å²) in [7, 11) is 0. The Morgan fingerprint density at radius 3 is 1.50 bits per heavy atom. The third kappa shape index (κ3) is 7.01. The van der Waals surface area contributed by atoms with Crippen LogP contribution >= 0.6 is 0 Å². The zero-order valence-electron chi connectivity index (χ0n) is 18.3. The van der Waals surface area contributed by atoms with E-state index in [2.05, 4.69) is 76.2 Å². The fourth-order valence-corrected chi connectivity index (χ4v) is 2.46. The van der Waals surface area contributed by atoms with E-state index in [0.717, 1.165) is 32.7 Å². The van der Waals surface area contributed by atoms with E-state index in [1.54, 1.807) is 0 Å². The van der Waals surface area contributed by atoms with E-state index in [0.29, 0.717) is 0 Å². The lowest BCUT2D eigenvalue weighted by molar-refractivity contribution is -0.137. The van der Waals surface area contributed by atoms with Crippen molar-refractivity contribution in [3.8, 4) is 0 Å². The van der Waals surface area contributed by atoms with Gasteiger partial charge in [-0.3, -0.25) is 0 Å². The van der Waals surface area contributed by atoms with E-state index in [9.17, 15) is 0 Å². The van der Waals surface area contributed by atoms with Crippen LogP contribution in [0.4, 0.5) is 0 Å². The van der Waals surface area contributed by atoms with Crippen LogP contribution in [0, 0.1) is 10.8 Å². The Balaban J connectivity index is 4.60. The molecule has 0 amide bonds. The van der Waals surface area contributed by atoms with Crippen LogP contribution in [0.5, 0.6) is 0 Å². The summed E-state index contributed by atoms with van der Waals surface area (Å²) in [6.45, 7) is 26.3. The van der Waals surface area contributed by atoms with Gasteiger partial charge in [0.25, 0.3) is 0 Å². The van der Waals surface area contributed by atoms with Gasteiger partial charge in [0.15, 0.2) is 0 Å². The normalized spacial score (nSPS) is 14.5. The van der Waals surface area contributed by atoms with Crippen molar-refractivity contribution in [3.05, 3.63) is 0 Å². The molecule has 0 saturated heterocycles. The first kappa shape index (κ1) is 23.9. The van der Waals surface area contributed by atoms with Gasteiger partial charge in [0, 0.05) is 19.8 Å². The highest BCUT2D eigenvalue weighted by Gasteiger charge is 2.40. The van der Waals surface area contributed by atoms with Gasteiger partial charge in [0.2, 0.25) is 0 Å². The molecule has 24 heavy (non-hydrogen) atoms. The third-order valence-electron chi connectivity index (χ3n) is 6.13. The predicted molar refractivity (Wildman–Crippen MR) is 104 cm³/mol. The lowest BCUT2D eigenvalue weighted by atomic mass is 9.73. The predicted octanol–water partition coefficient (Wildman–Crippen LogP) is 5.85. The van der Waals surface area contributed by atoms with Crippen LogP contribution < -0.4 is 0 Å². The fraction of sp³-hybridized carbons (Fsp3) is 1.00. The van der Waals surface area contributed by atoms with Gasteiger partial charge < -0.3 is 14.2 Å². The molecule has 0 saturated carbocycles. The van der Waals surface area contributed by atoms with Gasteiger partial charge in [-0.25, -0.2) is 0 Å². The minimum absolute atomic E-state index is 0.0570. The van der Waals surface area contributed by atoms with E-state index in [1.165, 1.54) is 0 Å². The van der Waals surface area contributed by atoms with Gasteiger partial charge in [-0.05, 0) is 72.1 Å². The number of hydrogen-bond donors (Lipinski definition) is 0. The first-order valence-electron chi connectivity index (χ1n) is 9.58. The molecule has 0 radical (unpaired) electrons.